The first-order chi connectivity index (χ1) is 8.71. The number of benzene rings is 1. The zero-order valence-electron chi connectivity index (χ0n) is 11.5. The second kappa shape index (κ2) is 7.64. The highest BCUT2D eigenvalue weighted by Crippen LogP contribution is 2.30. The number of methoxy groups -OCH3 is 1. The SMILES string of the molecule is C=CCCC(C)Nc1ccc(OCC)c(OC)c1. The van der Waals surface area contributed by atoms with E-state index in [-0.39, 0.29) is 0 Å². The molecule has 1 atom stereocenters. The molecule has 0 aromatic heterocycles. The maximum atomic E-state index is 5.49. The van der Waals surface area contributed by atoms with E-state index in [0.717, 1.165) is 30.0 Å². The van der Waals surface area contributed by atoms with Crippen LogP contribution in [0.4, 0.5) is 5.69 Å². The first-order valence-electron chi connectivity index (χ1n) is 6.39. The molecule has 100 valence electrons. The van der Waals surface area contributed by atoms with Gasteiger partial charge in [-0.25, -0.2) is 0 Å². The molecular weight excluding hydrogens is 226 g/mol. The minimum atomic E-state index is 0.408. The normalized spacial score (nSPS) is 11.7. The summed E-state index contributed by atoms with van der Waals surface area (Å²) in [6.07, 6.45) is 4.03. The van der Waals surface area contributed by atoms with Crippen molar-refractivity contribution in [2.75, 3.05) is 19.0 Å². The molecule has 0 aliphatic carbocycles. The summed E-state index contributed by atoms with van der Waals surface area (Å²) in [5, 5.41) is 3.44. The Balaban J connectivity index is 2.69. The van der Waals surface area contributed by atoms with Gasteiger partial charge in [0.1, 0.15) is 0 Å². The first kappa shape index (κ1) is 14.4. The quantitative estimate of drug-likeness (QED) is 0.710. The minimum absolute atomic E-state index is 0.408. The topological polar surface area (TPSA) is 30.5 Å². The smallest absolute Gasteiger partial charge is 0.162 e. The molecule has 0 aliphatic rings. The summed E-state index contributed by atoms with van der Waals surface area (Å²) in [5.41, 5.74) is 1.05. The number of nitrogens with one attached hydrogen (secondary N) is 1. The molecule has 1 aromatic carbocycles. The summed E-state index contributed by atoms with van der Waals surface area (Å²) in [6, 6.07) is 6.32. The van der Waals surface area contributed by atoms with Crippen LogP contribution < -0.4 is 14.8 Å². The molecule has 0 aliphatic heterocycles. The molecule has 0 saturated carbocycles. The lowest BCUT2D eigenvalue weighted by Crippen LogP contribution is -2.14. The Kier molecular flexibility index (Phi) is 6.12. The van der Waals surface area contributed by atoms with Crippen LogP contribution >= 0.6 is 0 Å². The molecule has 1 aromatic rings. The molecule has 0 bridgehead atoms. The van der Waals surface area contributed by atoms with Gasteiger partial charge >= 0.3 is 0 Å². The summed E-state index contributed by atoms with van der Waals surface area (Å²) in [7, 11) is 1.66. The lowest BCUT2D eigenvalue weighted by atomic mass is 10.1. The van der Waals surface area contributed by atoms with Crippen molar-refractivity contribution in [2.24, 2.45) is 0 Å². The Morgan fingerprint density at radius 1 is 1.39 bits per heavy atom. The number of hydrogen-bond donors (Lipinski definition) is 1. The van der Waals surface area contributed by atoms with E-state index in [1.807, 2.05) is 31.2 Å². The van der Waals surface area contributed by atoms with Gasteiger partial charge in [-0.15, -0.1) is 6.58 Å². The molecule has 0 spiro atoms. The molecule has 1 N–H and O–H groups in total. The zero-order valence-corrected chi connectivity index (χ0v) is 11.5. The summed E-state index contributed by atoms with van der Waals surface area (Å²) in [6.45, 7) is 8.49. The fraction of sp³-hybridized carbons (Fsp3) is 0.467. The number of allylic oxidation sites excluding steroid dienone is 1. The number of anilines is 1. The van der Waals surface area contributed by atoms with Gasteiger partial charge in [0.15, 0.2) is 11.5 Å². The summed E-state index contributed by atoms with van der Waals surface area (Å²) in [5.74, 6) is 1.54. The molecule has 0 amide bonds. The Labute approximate surface area is 110 Å². The highest BCUT2D eigenvalue weighted by atomic mass is 16.5. The molecule has 18 heavy (non-hydrogen) atoms. The Hall–Kier alpha value is -1.64. The third-order valence-corrected chi connectivity index (χ3v) is 2.68. The van der Waals surface area contributed by atoms with Gasteiger partial charge in [-0.1, -0.05) is 6.08 Å². The fourth-order valence-electron chi connectivity index (χ4n) is 1.76. The Morgan fingerprint density at radius 2 is 2.17 bits per heavy atom. The first-order valence-corrected chi connectivity index (χ1v) is 6.39. The highest BCUT2D eigenvalue weighted by molar-refractivity contribution is 5.55. The maximum absolute atomic E-state index is 5.49. The van der Waals surface area contributed by atoms with Crippen LogP contribution in [0.2, 0.25) is 0 Å². The van der Waals surface area contributed by atoms with Crippen molar-refractivity contribution in [3.8, 4) is 11.5 Å². The lowest BCUT2D eigenvalue weighted by molar-refractivity contribution is 0.311. The van der Waals surface area contributed by atoms with Gasteiger partial charge in [0.2, 0.25) is 0 Å². The van der Waals surface area contributed by atoms with E-state index in [1.165, 1.54) is 0 Å². The standard InChI is InChI=1S/C15H23NO2/c1-5-7-8-12(3)16-13-9-10-14(18-6-2)15(11-13)17-4/h5,9-12,16H,1,6-8H2,2-4H3. The summed E-state index contributed by atoms with van der Waals surface area (Å²) < 4.78 is 10.8. The zero-order chi connectivity index (χ0) is 13.4. The van der Waals surface area contributed by atoms with Crippen molar-refractivity contribution in [1.29, 1.82) is 0 Å². The molecule has 1 unspecified atom stereocenters. The van der Waals surface area contributed by atoms with Crippen molar-refractivity contribution in [1.82, 2.24) is 0 Å². The van der Waals surface area contributed by atoms with Crippen molar-refractivity contribution < 1.29 is 9.47 Å². The maximum Gasteiger partial charge on any atom is 0.162 e. The monoisotopic (exact) mass is 249 g/mol. The van der Waals surface area contributed by atoms with Crippen molar-refractivity contribution in [3.63, 3.8) is 0 Å². The van der Waals surface area contributed by atoms with Gasteiger partial charge in [0.05, 0.1) is 13.7 Å². The molecule has 0 saturated heterocycles. The molecular formula is C15H23NO2. The van der Waals surface area contributed by atoms with Crippen LogP contribution in [0.15, 0.2) is 30.9 Å². The third kappa shape index (κ3) is 4.32. The van der Waals surface area contributed by atoms with E-state index in [2.05, 4.69) is 18.8 Å². The molecule has 3 heteroatoms. The second-order valence-electron chi connectivity index (χ2n) is 4.21. The largest absolute Gasteiger partial charge is 0.493 e. The van der Waals surface area contributed by atoms with Crippen molar-refractivity contribution in [2.45, 2.75) is 32.7 Å². The van der Waals surface area contributed by atoms with Gasteiger partial charge < -0.3 is 14.8 Å². The fourth-order valence-corrected chi connectivity index (χ4v) is 1.76. The van der Waals surface area contributed by atoms with E-state index in [0.29, 0.717) is 12.6 Å². The average molecular weight is 249 g/mol. The lowest BCUT2D eigenvalue weighted by Gasteiger charge is -2.16. The van der Waals surface area contributed by atoms with E-state index in [9.17, 15) is 0 Å². The number of ether oxygens (including phenoxy) is 2. The number of rotatable bonds is 8. The Bertz CT molecular complexity index is 377. The Morgan fingerprint density at radius 3 is 2.78 bits per heavy atom. The second-order valence-corrected chi connectivity index (χ2v) is 4.21. The number of hydrogen-bond acceptors (Lipinski definition) is 3. The molecule has 1 rings (SSSR count). The molecule has 0 radical (unpaired) electrons. The van der Waals surface area contributed by atoms with E-state index in [4.69, 9.17) is 9.47 Å². The van der Waals surface area contributed by atoms with Crippen LogP contribution in [0, 0.1) is 0 Å². The van der Waals surface area contributed by atoms with Crippen LogP contribution in [0.25, 0.3) is 0 Å². The predicted molar refractivity (Wildman–Crippen MR) is 76.7 cm³/mol. The van der Waals surface area contributed by atoms with Crippen LogP contribution in [0.5, 0.6) is 11.5 Å². The van der Waals surface area contributed by atoms with E-state index >= 15 is 0 Å². The van der Waals surface area contributed by atoms with Gasteiger partial charge in [-0.3, -0.25) is 0 Å². The van der Waals surface area contributed by atoms with Crippen molar-refractivity contribution >= 4 is 5.69 Å². The molecule has 0 heterocycles. The van der Waals surface area contributed by atoms with Crippen LogP contribution in [0.3, 0.4) is 0 Å². The van der Waals surface area contributed by atoms with E-state index in [1.54, 1.807) is 7.11 Å². The van der Waals surface area contributed by atoms with Crippen LogP contribution in [-0.2, 0) is 0 Å². The molecule has 0 fully saturated rings. The van der Waals surface area contributed by atoms with Gasteiger partial charge in [-0.2, -0.15) is 0 Å². The van der Waals surface area contributed by atoms with Crippen LogP contribution in [-0.4, -0.2) is 19.8 Å². The summed E-state index contributed by atoms with van der Waals surface area (Å²) >= 11 is 0. The van der Waals surface area contributed by atoms with Gasteiger partial charge in [0, 0.05) is 17.8 Å². The third-order valence-electron chi connectivity index (χ3n) is 2.68. The molecule has 3 nitrogen and oxygen atoms in total. The summed E-state index contributed by atoms with van der Waals surface area (Å²) in [4.78, 5) is 0. The highest BCUT2D eigenvalue weighted by Gasteiger charge is 2.07. The van der Waals surface area contributed by atoms with Crippen molar-refractivity contribution in [3.05, 3.63) is 30.9 Å². The van der Waals surface area contributed by atoms with E-state index < -0.39 is 0 Å². The predicted octanol–water partition coefficient (Wildman–Crippen LogP) is 3.86. The van der Waals surface area contributed by atoms with Crippen LogP contribution in [0.1, 0.15) is 26.7 Å². The van der Waals surface area contributed by atoms with Gasteiger partial charge in [-0.05, 0) is 38.8 Å². The average Bonchev–Trinajstić information content (AvgIpc) is 2.38. The van der Waals surface area contributed by atoms with Gasteiger partial charge in [0.25, 0.3) is 0 Å². The minimum Gasteiger partial charge on any atom is -0.493 e.